The first-order valence-electron chi connectivity index (χ1n) is 11.5. The molecule has 154 valence electrons. The van der Waals surface area contributed by atoms with Crippen LogP contribution in [-0.4, -0.2) is 41.8 Å². The highest BCUT2D eigenvalue weighted by Gasteiger charge is 2.40. The van der Waals surface area contributed by atoms with Crippen LogP contribution in [0.1, 0.15) is 91.4 Å². The number of likely N-dealkylation sites (tertiary alicyclic amines) is 1. The number of rotatable bonds is 5. The van der Waals surface area contributed by atoms with E-state index in [1.807, 2.05) is 6.92 Å². The van der Waals surface area contributed by atoms with Crippen LogP contribution >= 0.6 is 0 Å². The molecule has 0 unspecified atom stereocenters. The second kappa shape index (κ2) is 9.07. The fraction of sp³-hybridized carbons (Fsp3) is 0.913. The molecule has 1 heterocycles. The Hall–Kier alpha value is -0.900. The Kier molecular flexibility index (Phi) is 6.99. The van der Waals surface area contributed by atoms with Gasteiger partial charge in [0.1, 0.15) is 5.78 Å². The number of carbonyl (C=O) groups excluding carboxylic acids is 2. The third-order valence-corrected chi connectivity index (χ3v) is 7.88. The van der Waals surface area contributed by atoms with Gasteiger partial charge in [-0.2, -0.15) is 0 Å². The van der Waals surface area contributed by atoms with Crippen LogP contribution in [0, 0.1) is 17.3 Å². The molecule has 1 aliphatic heterocycles. The molecule has 3 aliphatic rings. The summed E-state index contributed by atoms with van der Waals surface area (Å²) in [6.45, 7) is 9.01. The maximum absolute atomic E-state index is 12.8. The van der Waals surface area contributed by atoms with E-state index in [0.29, 0.717) is 29.7 Å². The van der Waals surface area contributed by atoms with E-state index in [9.17, 15) is 9.59 Å². The second-order valence-corrected chi connectivity index (χ2v) is 9.78. The summed E-state index contributed by atoms with van der Waals surface area (Å²) >= 11 is 0. The third-order valence-electron chi connectivity index (χ3n) is 7.88. The zero-order chi connectivity index (χ0) is 19.4. The molecule has 1 amide bonds. The van der Waals surface area contributed by atoms with Crippen molar-refractivity contribution in [1.29, 1.82) is 0 Å². The van der Waals surface area contributed by atoms with Crippen molar-refractivity contribution >= 4 is 11.7 Å². The van der Waals surface area contributed by atoms with Crippen molar-refractivity contribution < 1.29 is 9.59 Å². The van der Waals surface area contributed by atoms with Gasteiger partial charge >= 0.3 is 0 Å². The number of nitrogens with zero attached hydrogens (tertiary/aromatic N) is 1. The molecule has 4 heteroatoms. The van der Waals surface area contributed by atoms with Crippen LogP contribution in [0.25, 0.3) is 0 Å². The molecule has 3 rings (SSSR count). The van der Waals surface area contributed by atoms with Crippen molar-refractivity contribution in [1.82, 2.24) is 10.2 Å². The lowest BCUT2D eigenvalue weighted by Crippen LogP contribution is -2.47. The summed E-state index contributed by atoms with van der Waals surface area (Å²) in [4.78, 5) is 27.2. The van der Waals surface area contributed by atoms with Gasteiger partial charge in [-0.1, -0.05) is 6.92 Å². The molecule has 0 aromatic carbocycles. The van der Waals surface area contributed by atoms with E-state index >= 15 is 0 Å². The van der Waals surface area contributed by atoms with E-state index in [4.69, 9.17) is 0 Å². The van der Waals surface area contributed by atoms with Gasteiger partial charge in [0, 0.05) is 30.3 Å². The lowest BCUT2D eigenvalue weighted by molar-refractivity contribution is -0.128. The standard InChI is InChI=1S/C23H40N2O2/c1-4-21(26)18-5-7-20(8-6-18)24-22(27)19-9-11-23(12-10-19)13-15-25(16-14-23)17(2)3/h17-20H,4-16H2,1-3H3,(H,24,27). The molecule has 0 atom stereocenters. The minimum absolute atomic E-state index is 0.216. The molecule has 0 aromatic heterocycles. The van der Waals surface area contributed by atoms with Gasteiger partial charge in [0.25, 0.3) is 0 Å². The van der Waals surface area contributed by atoms with Crippen molar-refractivity contribution in [3.63, 3.8) is 0 Å². The predicted molar refractivity (Wildman–Crippen MR) is 110 cm³/mol. The average Bonchev–Trinajstić information content (AvgIpc) is 2.69. The summed E-state index contributed by atoms with van der Waals surface area (Å²) in [5.41, 5.74) is 0.515. The van der Waals surface area contributed by atoms with E-state index in [1.165, 1.54) is 38.8 Å². The molecular formula is C23H40N2O2. The number of Topliss-reactive ketones (excluding diaryl/α,β-unsaturated/α-hetero) is 1. The van der Waals surface area contributed by atoms with Crippen molar-refractivity contribution in [3.05, 3.63) is 0 Å². The number of carbonyl (C=O) groups is 2. The highest BCUT2D eigenvalue weighted by atomic mass is 16.2. The summed E-state index contributed by atoms with van der Waals surface area (Å²) in [5.74, 6) is 1.15. The first kappa shape index (κ1) is 20.8. The van der Waals surface area contributed by atoms with Crippen LogP contribution in [0.5, 0.6) is 0 Å². The molecule has 1 N–H and O–H groups in total. The molecule has 3 fully saturated rings. The highest BCUT2D eigenvalue weighted by molar-refractivity contribution is 5.81. The Morgan fingerprint density at radius 3 is 2.04 bits per heavy atom. The second-order valence-electron chi connectivity index (χ2n) is 9.78. The Bertz CT molecular complexity index is 504. The van der Waals surface area contributed by atoms with E-state index in [2.05, 4.69) is 24.1 Å². The quantitative estimate of drug-likeness (QED) is 0.777. The van der Waals surface area contributed by atoms with Crippen molar-refractivity contribution in [3.8, 4) is 0 Å². The summed E-state index contributed by atoms with van der Waals surface area (Å²) < 4.78 is 0. The van der Waals surface area contributed by atoms with Gasteiger partial charge in [0.2, 0.25) is 5.91 Å². The van der Waals surface area contributed by atoms with Crippen LogP contribution in [-0.2, 0) is 9.59 Å². The minimum Gasteiger partial charge on any atom is -0.353 e. The third kappa shape index (κ3) is 5.13. The van der Waals surface area contributed by atoms with Gasteiger partial charge in [-0.25, -0.2) is 0 Å². The molecule has 0 bridgehead atoms. The number of hydrogen-bond donors (Lipinski definition) is 1. The van der Waals surface area contributed by atoms with Crippen LogP contribution in [0.15, 0.2) is 0 Å². The molecule has 4 nitrogen and oxygen atoms in total. The normalized spacial score (nSPS) is 29.8. The van der Waals surface area contributed by atoms with Crippen LogP contribution in [0.2, 0.25) is 0 Å². The average molecular weight is 377 g/mol. The zero-order valence-electron chi connectivity index (χ0n) is 17.8. The molecule has 2 aliphatic carbocycles. The minimum atomic E-state index is 0.216. The van der Waals surface area contributed by atoms with Crippen LogP contribution in [0.4, 0.5) is 0 Å². The number of amides is 1. The molecule has 27 heavy (non-hydrogen) atoms. The van der Waals surface area contributed by atoms with Gasteiger partial charge in [0.15, 0.2) is 0 Å². The smallest absolute Gasteiger partial charge is 0.223 e. The first-order chi connectivity index (χ1) is 12.9. The fourth-order valence-electron chi connectivity index (χ4n) is 5.67. The van der Waals surface area contributed by atoms with E-state index in [1.54, 1.807) is 0 Å². The van der Waals surface area contributed by atoms with Crippen molar-refractivity contribution in [2.45, 2.75) is 103 Å². The Morgan fingerprint density at radius 2 is 1.52 bits per heavy atom. The van der Waals surface area contributed by atoms with E-state index < -0.39 is 0 Å². The van der Waals surface area contributed by atoms with E-state index in [0.717, 1.165) is 38.5 Å². The highest BCUT2D eigenvalue weighted by Crippen LogP contribution is 2.46. The molecule has 0 aromatic rings. The molecule has 1 saturated heterocycles. The molecule has 1 spiro atoms. The van der Waals surface area contributed by atoms with Crippen molar-refractivity contribution in [2.75, 3.05) is 13.1 Å². The number of hydrogen-bond acceptors (Lipinski definition) is 3. The lowest BCUT2D eigenvalue weighted by Gasteiger charge is -2.47. The maximum Gasteiger partial charge on any atom is 0.223 e. The molecule has 0 radical (unpaired) electrons. The monoisotopic (exact) mass is 376 g/mol. The first-order valence-corrected chi connectivity index (χ1v) is 11.5. The Labute approximate surface area is 165 Å². The summed E-state index contributed by atoms with van der Waals surface area (Å²) in [6.07, 6.45) is 11.7. The van der Waals surface area contributed by atoms with Gasteiger partial charge in [-0.15, -0.1) is 0 Å². The Morgan fingerprint density at radius 1 is 0.926 bits per heavy atom. The van der Waals surface area contributed by atoms with Crippen LogP contribution < -0.4 is 5.32 Å². The topological polar surface area (TPSA) is 49.4 Å². The van der Waals surface area contributed by atoms with Gasteiger partial charge in [-0.05, 0) is 96.6 Å². The van der Waals surface area contributed by atoms with Gasteiger partial charge in [-0.3, -0.25) is 9.59 Å². The molecule has 2 saturated carbocycles. The zero-order valence-corrected chi connectivity index (χ0v) is 17.8. The predicted octanol–water partition coefficient (Wildman–Crippen LogP) is 4.32. The molecular weight excluding hydrogens is 336 g/mol. The summed E-state index contributed by atoms with van der Waals surface area (Å²) in [5, 5.41) is 3.32. The largest absolute Gasteiger partial charge is 0.353 e. The number of ketones is 1. The lowest BCUT2D eigenvalue weighted by atomic mass is 9.65. The maximum atomic E-state index is 12.8. The van der Waals surface area contributed by atoms with Crippen LogP contribution in [0.3, 0.4) is 0 Å². The van der Waals surface area contributed by atoms with Gasteiger partial charge in [0.05, 0.1) is 0 Å². The fourth-order valence-corrected chi connectivity index (χ4v) is 5.67. The van der Waals surface area contributed by atoms with E-state index in [-0.39, 0.29) is 17.7 Å². The van der Waals surface area contributed by atoms with Crippen molar-refractivity contribution in [2.24, 2.45) is 17.3 Å². The summed E-state index contributed by atoms with van der Waals surface area (Å²) in [6, 6.07) is 0.954. The summed E-state index contributed by atoms with van der Waals surface area (Å²) in [7, 11) is 0. The van der Waals surface area contributed by atoms with Gasteiger partial charge < -0.3 is 10.2 Å². The number of piperidine rings is 1. The number of nitrogens with one attached hydrogen (secondary N) is 1. The Balaban J connectivity index is 1.40. The SMILES string of the molecule is CCC(=O)C1CCC(NC(=O)C2CCC3(CC2)CCN(C(C)C)CC3)CC1.